The Kier molecular flexibility index (Phi) is 7.76. The van der Waals surface area contributed by atoms with Crippen molar-refractivity contribution in [2.75, 3.05) is 49.6 Å². The first-order chi connectivity index (χ1) is 15.1. The van der Waals surface area contributed by atoms with Gasteiger partial charge in [-0.05, 0) is 52.1 Å². The molecule has 1 aliphatic carbocycles. The lowest BCUT2D eigenvalue weighted by molar-refractivity contribution is -0.125. The third-order valence-electron chi connectivity index (χ3n) is 6.96. The van der Waals surface area contributed by atoms with Gasteiger partial charge in [0.1, 0.15) is 0 Å². The van der Waals surface area contributed by atoms with Crippen molar-refractivity contribution in [2.24, 2.45) is 5.92 Å². The molecule has 1 atom stereocenters. The minimum Gasteiger partial charge on any atom is -0.356 e. The number of aromatic nitrogens is 2. The number of carbonyl (C=O) groups is 2. The zero-order chi connectivity index (χ0) is 21.6. The molecule has 4 rings (SSSR count). The Morgan fingerprint density at radius 3 is 2.68 bits per heavy atom. The predicted octanol–water partition coefficient (Wildman–Crippen LogP) is 2.65. The van der Waals surface area contributed by atoms with Crippen molar-refractivity contribution in [1.29, 1.82) is 0 Å². The van der Waals surface area contributed by atoms with Gasteiger partial charge in [0.2, 0.25) is 22.1 Å². The Morgan fingerprint density at radius 2 is 1.90 bits per heavy atom. The van der Waals surface area contributed by atoms with Gasteiger partial charge in [-0.2, -0.15) is 0 Å². The van der Waals surface area contributed by atoms with Crippen molar-refractivity contribution in [3.63, 3.8) is 0 Å². The van der Waals surface area contributed by atoms with E-state index in [-0.39, 0.29) is 17.7 Å². The van der Waals surface area contributed by atoms with Crippen molar-refractivity contribution >= 4 is 33.4 Å². The summed E-state index contributed by atoms with van der Waals surface area (Å²) in [5.41, 5.74) is 0. The molecule has 0 radical (unpaired) electrons. The van der Waals surface area contributed by atoms with Crippen LogP contribution in [0.5, 0.6) is 0 Å². The SMILES string of the molecule is CN(CCCNC(=O)[C@H]1CCCN(c2nnc(N3CCCC3=O)s2)C1)C1CCCCC1. The topological polar surface area (TPSA) is 81.7 Å². The third kappa shape index (κ3) is 5.74. The van der Waals surface area contributed by atoms with Crippen molar-refractivity contribution in [3.05, 3.63) is 0 Å². The number of anilines is 2. The summed E-state index contributed by atoms with van der Waals surface area (Å²) in [5.74, 6) is 0.280. The number of nitrogens with one attached hydrogen (secondary N) is 1. The predicted molar refractivity (Wildman–Crippen MR) is 124 cm³/mol. The lowest BCUT2D eigenvalue weighted by atomic mass is 9.94. The van der Waals surface area contributed by atoms with Gasteiger partial charge >= 0.3 is 0 Å². The highest BCUT2D eigenvalue weighted by Crippen LogP contribution is 2.32. The van der Waals surface area contributed by atoms with Crippen LogP contribution in [0.3, 0.4) is 0 Å². The summed E-state index contributed by atoms with van der Waals surface area (Å²) in [6, 6.07) is 0.726. The molecule has 3 aliphatic rings. The highest BCUT2D eigenvalue weighted by Gasteiger charge is 2.30. The number of hydrogen-bond acceptors (Lipinski definition) is 7. The molecule has 1 N–H and O–H groups in total. The van der Waals surface area contributed by atoms with Gasteiger partial charge in [0.25, 0.3) is 0 Å². The van der Waals surface area contributed by atoms with Crippen LogP contribution in [0.15, 0.2) is 0 Å². The first-order valence-corrected chi connectivity index (χ1v) is 12.8. The summed E-state index contributed by atoms with van der Waals surface area (Å²) in [6.45, 7) is 4.08. The first-order valence-electron chi connectivity index (χ1n) is 12.0. The molecule has 0 aromatic carbocycles. The number of hydrogen-bond donors (Lipinski definition) is 1. The fraction of sp³-hybridized carbons (Fsp3) is 0.818. The van der Waals surface area contributed by atoms with E-state index in [4.69, 9.17) is 0 Å². The summed E-state index contributed by atoms with van der Waals surface area (Å²) in [7, 11) is 2.23. The minimum absolute atomic E-state index is 0.00871. The highest BCUT2D eigenvalue weighted by atomic mass is 32.1. The van der Waals surface area contributed by atoms with Gasteiger partial charge in [-0.25, -0.2) is 0 Å². The van der Waals surface area contributed by atoms with Gasteiger partial charge < -0.3 is 15.1 Å². The smallest absolute Gasteiger partial charge is 0.228 e. The van der Waals surface area contributed by atoms with E-state index in [9.17, 15) is 9.59 Å². The summed E-state index contributed by atoms with van der Waals surface area (Å²) in [5, 5.41) is 13.2. The lowest BCUT2D eigenvalue weighted by Crippen LogP contribution is -2.43. The monoisotopic (exact) mass is 448 g/mol. The molecule has 1 saturated carbocycles. The van der Waals surface area contributed by atoms with E-state index >= 15 is 0 Å². The van der Waals surface area contributed by atoms with Crippen LogP contribution in [0.2, 0.25) is 0 Å². The molecule has 0 bridgehead atoms. The van der Waals surface area contributed by atoms with E-state index < -0.39 is 0 Å². The van der Waals surface area contributed by atoms with Gasteiger partial charge in [-0.15, -0.1) is 10.2 Å². The second-order valence-electron chi connectivity index (χ2n) is 9.22. The number of nitrogens with zero attached hydrogens (tertiary/aromatic N) is 5. The van der Waals surface area contributed by atoms with Gasteiger partial charge in [0.05, 0.1) is 5.92 Å². The molecule has 3 fully saturated rings. The minimum atomic E-state index is -0.00871. The Labute approximate surface area is 189 Å². The summed E-state index contributed by atoms with van der Waals surface area (Å²) >= 11 is 1.46. The Hall–Kier alpha value is -1.74. The van der Waals surface area contributed by atoms with E-state index in [2.05, 4.69) is 32.4 Å². The second kappa shape index (κ2) is 10.7. The van der Waals surface area contributed by atoms with Gasteiger partial charge in [0.15, 0.2) is 0 Å². The van der Waals surface area contributed by atoms with E-state index in [0.29, 0.717) is 18.1 Å². The zero-order valence-electron chi connectivity index (χ0n) is 18.7. The maximum atomic E-state index is 12.7. The van der Waals surface area contributed by atoms with Crippen LogP contribution in [0.1, 0.15) is 64.2 Å². The molecular formula is C22H36N6O2S. The van der Waals surface area contributed by atoms with Crippen molar-refractivity contribution < 1.29 is 9.59 Å². The Bertz CT molecular complexity index is 750. The molecule has 0 unspecified atom stereocenters. The van der Waals surface area contributed by atoms with Crippen LogP contribution >= 0.6 is 11.3 Å². The average Bonchev–Trinajstić information content (AvgIpc) is 3.46. The quantitative estimate of drug-likeness (QED) is 0.616. The average molecular weight is 449 g/mol. The zero-order valence-corrected chi connectivity index (χ0v) is 19.5. The van der Waals surface area contributed by atoms with Crippen LogP contribution < -0.4 is 15.1 Å². The molecule has 31 heavy (non-hydrogen) atoms. The maximum Gasteiger partial charge on any atom is 0.228 e. The van der Waals surface area contributed by atoms with Crippen LogP contribution in [-0.4, -0.2) is 72.7 Å². The van der Waals surface area contributed by atoms with Crippen LogP contribution in [0.4, 0.5) is 10.3 Å². The van der Waals surface area contributed by atoms with Crippen LogP contribution in [0, 0.1) is 5.92 Å². The Morgan fingerprint density at radius 1 is 1.10 bits per heavy atom. The Balaban J connectivity index is 1.20. The highest BCUT2D eigenvalue weighted by molar-refractivity contribution is 7.19. The lowest BCUT2D eigenvalue weighted by Gasteiger charge is -2.32. The van der Waals surface area contributed by atoms with E-state index in [1.54, 1.807) is 4.90 Å². The third-order valence-corrected chi connectivity index (χ3v) is 7.96. The molecular weight excluding hydrogens is 412 g/mol. The number of carbonyl (C=O) groups excluding carboxylic acids is 2. The fourth-order valence-corrected chi connectivity index (χ4v) is 5.97. The van der Waals surface area contributed by atoms with Crippen LogP contribution in [0.25, 0.3) is 0 Å². The van der Waals surface area contributed by atoms with E-state index in [1.165, 1.54) is 43.4 Å². The summed E-state index contributed by atoms with van der Waals surface area (Å²) < 4.78 is 0. The molecule has 8 nitrogen and oxygen atoms in total. The number of amides is 2. The molecule has 0 spiro atoms. The number of rotatable bonds is 8. The molecule has 2 saturated heterocycles. The molecule has 2 aliphatic heterocycles. The second-order valence-corrected chi connectivity index (χ2v) is 10.2. The molecule has 3 heterocycles. The molecule has 172 valence electrons. The van der Waals surface area contributed by atoms with Gasteiger partial charge in [0, 0.05) is 38.6 Å². The molecule has 1 aromatic rings. The largest absolute Gasteiger partial charge is 0.356 e. The standard InChI is InChI=1S/C22H36N6O2S/c1-26(18-9-3-2-4-10-18)13-7-12-23-20(30)17-8-5-14-27(16-17)21-24-25-22(31-21)28-15-6-11-19(28)29/h17-18H,2-16H2,1H3,(H,23,30)/t17-/m0/s1. The number of piperidine rings is 1. The van der Waals surface area contributed by atoms with E-state index in [0.717, 1.165) is 63.0 Å². The normalized spacial score (nSPS) is 23.0. The van der Waals surface area contributed by atoms with Gasteiger partial charge in [-0.1, -0.05) is 30.6 Å². The maximum absolute atomic E-state index is 12.7. The van der Waals surface area contributed by atoms with Crippen LogP contribution in [-0.2, 0) is 9.59 Å². The molecule has 2 amide bonds. The van der Waals surface area contributed by atoms with Crippen molar-refractivity contribution in [2.45, 2.75) is 70.3 Å². The molecule has 9 heteroatoms. The first kappa shape index (κ1) is 22.5. The van der Waals surface area contributed by atoms with E-state index in [1.807, 2.05) is 0 Å². The summed E-state index contributed by atoms with van der Waals surface area (Å²) in [4.78, 5) is 31.1. The van der Waals surface area contributed by atoms with Gasteiger partial charge in [-0.3, -0.25) is 14.5 Å². The molecule has 1 aromatic heterocycles. The van der Waals surface area contributed by atoms with Crippen molar-refractivity contribution in [1.82, 2.24) is 20.4 Å². The van der Waals surface area contributed by atoms with Crippen molar-refractivity contribution in [3.8, 4) is 0 Å². The fourth-order valence-electron chi connectivity index (χ4n) is 5.05. The summed E-state index contributed by atoms with van der Waals surface area (Å²) in [6.07, 6.45) is 11.1.